The first-order valence-corrected chi connectivity index (χ1v) is 45.3. The molecule has 28 heteroatoms. The normalized spacial score (nSPS) is 17.1. The van der Waals surface area contributed by atoms with Gasteiger partial charge in [-0.05, 0) is 117 Å². The van der Waals surface area contributed by atoms with Crippen molar-refractivity contribution in [2.24, 2.45) is 0 Å². The largest absolute Gasteiger partial charge is 0.472 e. The number of rotatable bonds is 76. The van der Waals surface area contributed by atoms with Crippen LogP contribution in [0.15, 0.2) is 24.3 Å². The predicted molar refractivity (Wildman–Crippen MR) is 426 cm³/mol. The molecule has 1 aliphatic heterocycles. The number of aliphatic hydroxyl groups is 2. The van der Waals surface area contributed by atoms with Gasteiger partial charge in [0.25, 0.3) is 11.8 Å². The van der Waals surface area contributed by atoms with Crippen LogP contribution in [0.3, 0.4) is 0 Å². The Morgan fingerprint density at radius 2 is 0.716 bits per heavy atom. The van der Waals surface area contributed by atoms with Gasteiger partial charge in [-0.1, -0.05) is 220 Å². The number of allylic oxidation sites excluding steroid dienone is 4. The van der Waals surface area contributed by atoms with E-state index in [2.05, 4.69) is 87.1 Å². The summed E-state index contributed by atoms with van der Waals surface area (Å²) in [5, 5.41) is 31.9. The average Bonchev–Trinajstić information content (AvgIpc) is 1.66. The lowest BCUT2D eigenvalue weighted by molar-refractivity contribution is -0.159. The molecular formula is C81H152N4O22P2. The fourth-order valence-corrected chi connectivity index (χ4v) is 13.8. The number of hydrogen-bond acceptors (Lipinski definition) is 20. The van der Waals surface area contributed by atoms with Crippen LogP contribution in [0.25, 0.3) is 0 Å². The van der Waals surface area contributed by atoms with Gasteiger partial charge in [-0.2, -0.15) is 0 Å². The van der Waals surface area contributed by atoms with E-state index in [1.54, 1.807) is 0 Å². The number of carbonyl (C=O) groups is 6. The summed E-state index contributed by atoms with van der Waals surface area (Å²) in [6.07, 6.45) is 39.9. The Bertz CT molecular complexity index is 2320. The first kappa shape index (κ1) is 103. The summed E-state index contributed by atoms with van der Waals surface area (Å²) in [4.78, 5) is 103. The Kier molecular flexibility index (Phi) is 64.1. The van der Waals surface area contributed by atoms with Gasteiger partial charge >= 0.3 is 27.6 Å². The predicted octanol–water partition coefficient (Wildman–Crippen LogP) is 16.0. The van der Waals surface area contributed by atoms with Crippen molar-refractivity contribution in [3.63, 3.8) is 0 Å². The van der Waals surface area contributed by atoms with E-state index in [0.29, 0.717) is 51.4 Å². The van der Waals surface area contributed by atoms with Gasteiger partial charge in [-0.25, -0.2) is 9.13 Å². The molecule has 1 heterocycles. The number of amides is 4. The van der Waals surface area contributed by atoms with Crippen LogP contribution >= 0.6 is 15.6 Å². The quantitative estimate of drug-likeness (QED) is 0.0121. The lowest BCUT2D eigenvalue weighted by Crippen LogP contribution is -2.48. The van der Waals surface area contributed by atoms with Crippen LogP contribution in [0.5, 0.6) is 0 Å². The summed E-state index contributed by atoms with van der Waals surface area (Å²) in [5.41, 5.74) is 0. The number of hydrogen-bond donors (Lipinski definition) is 8. The Morgan fingerprint density at radius 1 is 0.404 bits per heavy atom. The second-order valence-electron chi connectivity index (χ2n) is 29.7. The maximum atomic E-state index is 13.7. The van der Waals surface area contributed by atoms with Crippen LogP contribution in [-0.4, -0.2) is 176 Å². The van der Waals surface area contributed by atoms with Crippen LogP contribution < -0.4 is 21.3 Å². The van der Waals surface area contributed by atoms with Gasteiger partial charge in [-0.3, -0.25) is 46.9 Å². The van der Waals surface area contributed by atoms with Crippen molar-refractivity contribution in [2.45, 2.75) is 392 Å². The second-order valence-corrected chi connectivity index (χ2v) is 32.6. The molecule has 0 spiro atoms. The lowest BCUT2D eigenvalue weighted by atomic mass is 10.1. The first-order valence-electron chi connectivity index (χ1n) is 42.4. The molecular weight excluding hydrogens is 1440 g/mol. The van der Waals surface area contributed by atoms with E-state index in [0.717, 1.165) is 167 Å². The lowest BCUT2D eigenvalue weighted by Gasteiger charge is -2.23. The maximum absolute atomic E-state index is 13.7. The van der Waals surface area contributed by atoms with E-state index >= 15 is 0 Å². The zero-order valence-corrected chi connectivity index (χ0v) is 70.4. The Hall–Kier alpha value is -3.72. The zero-order valence-electron chi connectivity index (χ0n) is 68.6. The highest BCUT2D eigenvalue weighted by Crippen LogP contribution is 2.44. The van der Waals surface area contributed by atoms with E-state index in [9.17, 15) is 57.9 Å². The monoisotopic (exact) mass is 1600 g/mol. The van der Waals surface area contributed by atoms with Crippen LogP contribution in [-0.2, 0) is 84.4 Å². The van der Waals surface area contributed by atoms with Gasteiger partial charge in [0.15, 0.2) is 18.0 Å². The third-order valence-corrected chi connectivity index (χ3v) is 20.6. The van der Waals surface area contributed by atoms with Gasteiger partial charge in [0, 0.05) is 39.1 Å². The molecule has 0 aliphatic carbocycles. The highest BCUT2D eigenvalue weighted by molar-refractivity contribution is 7.47. The van der Waals surface area contributed by atoms with Crippen molar-refractivity contribution < 1.29 is 104 Å². The fraction of sp³-hybridized carbons (Fsp3) is 0.877. The van der Waals surface area contributed by atoms with E-state index in [-0.39, 0.29) is 65.2 Å². The van der Waals surface area contributed by atoms with Crippen molar-refractivity contribution in [1.82, 2.24) is 21.3 Å². The molecule has 10 atom stereocenters. The summed E-state index contributed by atoms with van der Waals surface area (Å²) in [7, 11) is -9.74. The number of nitrogens with one attached hydrogen (secondary N) is 4. The molecule has 26 nitrogen and oxygen atoms in total. The molecule has 0 aromatic heterocycles. The topological polar surface area (TPSA) is 358 Å². The molecule has 0 radical (unpaired) electrons. The van der Waals surface area contributed by atoms with Gasteiger partial charge in [0.2, 0.25) is 11.8 Å². The molecule has 1 saturated heterocycles. The van der Waals surface area contributed by atoms with Crippen molar-refractivity contribution >= 4 is 51.2 Å². The van der Waals surface area contributed by atoms with E-state index in [1.807, 2.05) is 0 Å². The van der Waals surface area contributed by atoms with Crippen LogP contribution in [0.1, 0.15) is 338 Å². The third kappa shape index (κ3) is 60.5. The molecule has 0 bridgehead atoms. The summed E-state index contributed by atoms with van der Waals surface area (Å²) in [6.45, 7) is 12.8. The van der Waals surface area contributed by atoms with Gasteiger partial charge in [-0.15, -0.1) is 0 Å². The maximum Gasteiger partial charge on any atom is 0.472 e. The fourth-order valence-electron chi connectivity index (χ4n) is 12.3. The Balaban J connectivity index is 3.04. The third-order valence-electron chi connectivity index (χ3n) is 18.6. The second kappa shape index (κ2) is 67.6. The van der Waals surface area contributed by atoms with Gasteiger partial charge in [0.05, 0.1) is 76.8 Å². The molecule has 1 aliphatic rings. The highest BCUT2D eigenvalue weighted by Gasteiger charge is 2.49. The van der Waals surface area contributed by atoms with Crippen LogP contribution in [0.2, 0.25) is 0 Å². The molecule has 638 valence electrons. The number of unbranched alkanes of at least 4 members (excludes halogenated alkanes) is 26. The molecule has 1 fully saturated rings. The molecule has 4 unspecified atom stereocenters. The molecule has 0 aromatic rings. The Morgan fingerprint density at radius 3 is 1.06 bits per heavy atom. The van der Waals surface area contributed by atoms with E-state index < -0.39 is 132 Å². The van der Waals surface area contributed by atoms with Crippen LogP contribution in [0.4, 0.5) is 0 Å². The Labute approximate surface area is 656 Å². The minimum absolute atomic E-state index is 0.132. The first-order chi connectivity index (χ1) is 52.4. The number of carbonyl (C=O) groups excluding carboxylic acids is 6. The molecule has 0 saturated carbocycles. The number of esters is 2. The summed E-state index contributed by atoms with van der Waals surface area (Å²) in [5.74, 6) is -4.91. The van der Waals surface area contributed by atoms with E-state index in [1.165, 1.54) is 52.4 Å². The zero-order chi connectivity index (χ0) is 80.5. The molecule has 1 rings (SSSR count). The minimum atomic E-state index is -4.87. The van der Waals surface area contributed by atoms with Crippen LogP contribution in [0, 0.1) is 0 Å². The van der Waals surface area contributed by atoms with Crippen molar-refractivity contribution in [3.05, 3.63) is 24.3 Å². The van der Waals surface area contributed by atoms with E-state index in [4.69, 9.17) is 46.5 Å². The van der Waals surface area contributed by atoms with Crippen molar-refractivity contribution in [1.29, 1.82) is 0 Å². The SMILES string of the molecule is CCCCCC/C=C/CCCC(=O)O[C@H](CCCCCCC)CC(=O)NC(COCC[C@H](O)CCCCCCC)COP(=O)(O)OCCNC(=O)[C@H]1OC(C)(C)O[C@@H]1C(=O)NCCOP(=O)(O)OCC(COCC[C@H](O)CCCCCCC)NC(=O)C[C@@H](CCCCCCC)OC(=O)CCC/C=C/CCCCCC. The number of ether oxygens (including phenoxy) is 6. The molecule has 4 amide bonds. The summed E-state index contributed by atoms with van der Waals surface area (Å²) in [6, 6.07) is -1.96. The molecule has 8 N–H and O–H groups in total. The number of phosphoric acid groups is 2. The average molecular weight is 1600 g/mol. The number of aliphatic hydroxyl groups excluding tert-OH is 2. The summed E-state index contributed by atoms with van der Waals surface area (Å²) < 4.78 is 82.9. The number of phosphoric ester groups is 2. The highest BCUT2D eigenvalue weighted by atomic mass is 31.2. The standard InChI is InChI=1S/C81H152N4O22P2/c1-9-15-21-27-29-31-33-39-45-51-75(90)104-71(49-43-37-25-19-13-5)61-73(88)84-67(63-98-57-53-69(86)47-41-35-23-17-11-3)65-102-108(94,95)100-59-55-82-79(92)77-78(107-81(7,8)106-77)80(93)83-56-60-101-109(96,97)103-66-68(64-99-58-54-70(87)48-42-36-24-18-12-4)85-74(89)62-72(50-44-38-26-20-14-6)105-76(91)52-46-40-34-32-30-28-22-16-10-2/h31-34,67-72,77-78,86-87H,9-30,35-66H2,1-8H3,(H,82,92)(H,83,93)(H,84,88)(H,85,89)(H,94,95)(H,96,97)/b33-31+,34-32+/t67?,68?,69-,70-,71-,72-,77+,78+/m1/s1. The van der Waals surface area contributed by atoms with Gasteiger partial charge in [0.1, 0.15) is 12.2 Å². The smallest absolute Gasteiger partial charge is 0.462 e. The molecule has 109 heavy (non-hydrogen) atoms. The van der Waals surface area contributed by atoms with Gasteiger partial charge < -0.3 is 69.7 Å². The molecule has 0 aromatic carbocycles. The van der Waals surface area contributed by atoms with Crippen molar-refractivity contribution in [2.75, 3.05) is 65.9 Å². The van der Waals surface area contributed by atoms with Crippen molar-refractivity contribution in [3.8, 4) is 0 Å². The minimum Gasteiger partial charge on any atom is -0.462 e. The summed E-state index contributed by atoms with van der Waals surface area (Å²) >= 11 is 0.